The van der Waals surface area contributed by atoms with Crippen molar-refractivity contribution < 1.29 is 18.7 Å². The summed E-state index contributed by atoms with van der Waals surface area (Å²) in [6.07, 6.45) is 5.05. The summed E-state index contributed by atoms with van der Waals surface area (Å²) in [6, 6.07) is 5.23. The van der Waals surface area contributed by atoms with Gasteiger partial charge in [0.2, 0.25) is 0 Å². The van der Waals surface area contributed by atoms with E-state index in [9.17, 15) is 9.18 Å². The standard InChI is InChI=1S/C22H29FN4O3/c1-15-20(25-22(30-15)27-11-7-16(14-27)8-12-28)21(29)24-17-5-6-19(18(23)13-17)26-9-3-2-4-10-26/h5-6,13,16,28H,2-4,7-12,14H2,1H3,(H,24,29)/t16-/m1/s1. The van der Waals surface area contributed by atoms with Crippen LogP contribution in [0.4, 0.5) is 21.8 Å². The highest BCUT2D eigenvalue weighted by molar-refractivity contribution is 6.03. The Morgan fingerprint density at radius 2 is 2.07 bits per heavy atom. The van der Waals surface area contributed by atoms with Gasteiger partial charge in [0.25, 0.3) is 11.9 Å². The first-order valence-electron chi connectivity index (χ1n) is 10.7. The van der Waals surface area contributed by atoms with Gasteiger partial charge in [-0.2, -0.15) is 4.98 Å². The fraction of sp³-hybridized carbons (Fsp3) is 0.545. The van der Waals surface area contributed by atoms with Crippen molar-refractivity contribution in [3.63, 3.8) is 0 Å². The number of anilines is 3. The summed E-state index contributed by atoms with van der Waals surface area (Å²) in [7, 11) is 0. The predicted octanol–water partition coefficient (Wildman–Crippen LogP) is 3.57. The van der Waals surface area contributed by atoms with Gasteiger partial charge in [0.05, 0.1) is 5.69 Å². The zero-order valence-corrected chi connectivity index (χ0v) is 17.4. The molecule has 1 atom stereocenters. The lowest BCUT2D eigenvalue weighted by Gasteiger charge is -2.29. The molecular formula is C22H29FN4O3. The van der Waals surface area contributed by atoms with Gasteiger partial charge < -0.3 is 24.6 Å². The molecule has 8 heteroatoms. The molecule has 0 saturated carbocycles. The zero-order chi connectivity index (χ0) is 21.1. The lowest BCUT2D eigenvalue weighted by molar-refractivity contribution is 0.102. The second-order valence-electron chi connectivity index (χ2n) is 8.18. The Balaban J connectivity index is 1.43. The number of rotatable bonds is 6. The van der Waals surface area contributed by atoms with E-state index in [1.54, 1.807) is 19.1 Å². The van der Waals surface area contributed by atoms with Gasteiger partial charge in [0.1, 0.15) is 11.6 Å². The second kappa shape index (κ2) is 9.04. The average molecular weight is 416 g/mol. The lowest BCUT2D eigenvalue weighted by Crippen LogP contribution is -2.30. The van der Waals surface area contributed by atoms with E-state index >= 15 is 0 Å². The van der Waals surface area contributed by atoms with E-state index in [-0.39, 0.29) is 18.1 Å². The van der Waals surface area contributed by atoms with Crippen molar-refractivity contribution in [3.8, 4) is 0 Å². The van der Waals surface area contributed by atoms with Crippen molar-refractivity contribution in [1.82, 2.24) is 4.98 Å². The molecule has 162 valence electrons. The molecule has 1 aromatic heterocycles. The molecule has 4 rings (SSSR count). The van der Waals surface area contributed by atoms with E-state index in [2.05, 4.69) is 15.2 Å². The Morgan fingerprint density at radius 1 is 1.27 bits per heavy atom. The number of hydrogen-bond acceptors (Lipinski definition) is 6. The molecule has 2 N–H and O–H groups in total. The second-order valence-corrected chi connectivity index (χ2v) is 8.18. The minimum Gasteiger partial charge on any atom is -0.428 e. The number of nitrogens with one attached hydrogen (secondary N) is 1. The molecule has 2 fully saturated rings. The molecule has 0 bridgehead atoms. The third kappa shape index (κ3) is 4.43. The van der Waals surface area contributed by atoms with Gasteiger partial charge in [-0.15, -0.1) is 0 Å². The number of aliphatic hydroxyl groups is 1. The third-order valence-electron chi connectivity index (χ3n) is 6.00. The Kier molecular flexibility index (Phi) is 6.22. The van der Waals surface area contributed by atoms with Crippen molar-refractivity contribution in [3.05, 3.63) is 35.5 Å². The normalized spacial score (nSPS) is 19.4. The first kappa shape index (κ1) is 20.7. The molecule has 2 aromatic rings. The van der Waals surface area contributed by atoms with Gasteiger partial charge in [0, 0.05) is 38.5 Å². The Hall–Kier alpha value is -2.61. The van der Waals surface area contributed by atoms with E-state index in [4.69, 9.17) is 9.52 Å². The molecule has 0 unspecified atom stereocenters. The van der Waals surface area contributed by atoms with Crippen LogP contribution in [0.3, 0.4) is 0 Å². The Morgan fingerprint density at radius 3 is 2.80 bits per heavy atom. The largest absolute Gasteiger partial charge is 0.428 e. The van der Waals surface area contributed by atoms with Crippen LogP contribution in [0.2, 0.25) is 0 Å². The lowest BCUT2D eigenvalue weighted by atomic mass is 10.1. The number of hydrogen-bond donors (Lipinski definition) is 2. The molecule has 0 spiro atoms. The Labute approximate surface area is 175 Å². The van der Waals surface area contributed by atoms with Crippen LogP contribution in [-0.2, 0) is 0 Å². The van der Waals surface area contributed by atoms with E-state index in [1.165, 1.54) is 12.5 Å². The number of nitrogens with zero attached hydrogens (tertiary/aromatic N) is 3. The van der Waals surface area contributed by atoms with Gasteiger partial charge in [0.15, 0.2) is 5.69 Å². The topological polar surface area (TPSA) is 81.8 Å². The fourth-order valence-electron chi connectivity index (χ4n) is 4.32. The summed E-state index contributed by atoms with van der Waals surface area (Å²) in [5.74, 6) is 0.0809. The first-order chi connectivity index (χ1) is 14.5. The van der Waals surface area contributed by atoms with Crippen LogP contribution < -0.4 is 15.1 Å². The summed E-state index contributed by atoms with van der Waals surface area (Å²) < 4.78 is 20.3. The smallest absolute Gasteiger partial charge is 0.298 e. The molecular weight excluding hydrogens is 387 g/mol. The van der Waals surface area contributed by atoms with Crippen molar-refractivity contribution in [1.29, 1.82) is 0 Å². The number of aromatic nitrogens is 1. The maximum Gasteiger partial charge on any atom is 0.298 e. The zero-order valence-electron chi connectivity index (χ0n) is 17.4. The average Bonchev–Trinajstić information content (AvgIpc) is 3.36. The number of oxazole rings is 1. The number of amides is 1. The number of piperidine rings is 1. The van der Waals surface area contributed by atoms with Crippen LogP contribution in [0.15, 0.2) is 22.6 Å². The molecule has 30 heavy (non-hydrogen) atoms. The summed E-state index contributed by atoms with van der Waals surface area (Å²) in [5.41, 5.74) is 1.18. The maximum atomic E-state index is 14.6. The quantitative estimate of drug-likeness (QED) is 0.749. The van der Waals surface area contributed by atoms with Gasteiger partial charge in [-0.1, -0.05) is 0 Å². The molecule has 0 aliphatic carbocycles. The molecule has 2 aliphatic rings. The van der Waals surface area contributed by atoms with Gasteiger partial charge >= 0.3 is 0 Å². The van der Waals surface area contributed by atoms with Crippen LogP contribution in [-0.4, -0.2) is 48.8 Å². The molecule has 2 aliphatic heterocycles. The number of carbonyl (C=O) groups excluding carboxylic acids is 1. The van der Waals surface area contributed by atoms with Crippen LogP contribution in [0.25, 0.3) is 0 Å². The van der Waals surface area contributed by atoms with Crippen molar-refractivity contribution in [2.75, 3.05) is 47.9 Å². The molecule has 3 heterocycles. The SMILES string of the molecule is Cc1oc(N2CC[C@H](CCO)C2)nc1C(=O)Nc1ccc(N2CCCCC2)c(F)c1. The minimum atomic E-state index is -0.418. The van der Waals surface area contributed by atoms with Gasteiger partial charge in [-0.25, -0.2) is 4.39 Å². The third-order valence-corrected chi connectivity index (χ3v) is 6.00. The molecule has 0 radical (unpaired) electrons. The van der Waals surface area contributed by atoms with Gasteiger partial charge in [-0.05, 0) is 63.1 Å². The number of aryl methyl sites for hydroxylation is 1. The minimum absolute atomic E-state index is 0.171. The first-order valence-corrected chi connectivity index (χ1v) is 10.7. The van der Waals surface area contributed by atoms with Crippen molar-refractivity contribution in [2.24, 2.45) is 5.92 Å². The Bertz CT molecular complexity index is 895. The molecule has 1 aromatic carbocycles. The number of benzene rings is 1. The highest BCUT2D eigenvalue weighted by atomic mass is 19.1. The number of halogens is 1. The molecule has 1 amide bonds. The van der Waals surface area contributed by atoms with Crippen LogP contribution in [0.1, 0.15) is 48.4 Å². The number of carbonyl (C=O) groups is 1. The monoisotopic (exact) mass is 416 g/mol. The van der Waals surface area contributed by atoms with E-state index in [0.717, 1.165) is 51.9 Å². The molecule has 2 saturated heterocycles. The maximum absolute atomic E-state index is 14.6. The van der Waals surface area contributed by atoms with Gasteiger partial charge in [-0.3, -0.25) is 4.79 Å². The summed E-state index contributed by atoms with van der Waals surface area (Å²) >= 11 is 0. The number of aliphatic hydroxyl groups excluding tert-OH is 1. The highest BCUT2D eigenvalue weighted by Crippen LogP contribution is 2.28. The van der Waals surface area contributed by atoms with Crippen LogP contribution >= 0.6 is 0 Å². The van der Waals surface area contributed by atoms with Crippen molar-refractivity contribution >= 4 is 23.3 Å². The van der Waals surface area contributed by atoms with Crippen LogP contribution in [0.5, 0.6) is 0 Å². The van der Waals surface area contributed by atoms with E-state index in [1.807, 2.05) is 4.90 Å². The summed E-state index contributed by atoms with van der Waals surface area (Å²) in [6.45, 7) is 5.13. The van der Waals surface area contributed by atoms with Crippen LogP contribution in [0, 0.1) is 18.7 Å². The van der Waals surface area contributed by atoms with Crippen molar-refractivity contribution in [2.45, 2.75) is 39.0 Å². The summed E-state index contributed by atoms with van der Waals surface area (Å²) in [5, 5.41) is 11.8. The molecule has 7 nitrogen and oxygen atoms in total. The highest BCUT2D eigenvalue weighted by Gasteiger charge is 2.27. The predicted molar refractivity (Wildman–Crippen MR) is 114 cm³/mol. The fourth-order valence-corrected chi connectivity index (χ4v) is 4.32. The van der Waals surface area contributed by atoms with E-state index in [0.29, 0.717) is 29.1 Å². The van der Waals surface area contributed by atoms with E-state index < -0.39 is 5.91 Å². The summed E-state index contributed by atoms with van der Waals surface area (Å²) in [4.78, 5) is 21.1.